The van der Waals surface area contributed by atoms with Crippen LogP contribution >= 0.6 is 0 Å². The van der Waals surface area contributed by atoms with Crippen LogP contribution < -0.4 is 0 Å². The van der Waals surface area contributed by atoms with E-state index in [2.05, 4.69) is 20.3 Å². The quantitative estimate of drug-likeness (QED) is 0.539. The van der Waals surface area contributed by atoms with Crippen LogP contribution in [0.1, 0.15) is 40.0 Å². The average molecular weight is 155 g/mol. The first-order valence-electron chi connectivity index (χ1n) is 4.54. The van der Waals surface area contributed by atoms with E-state index in [4.69, 9.17) is 0 Å². The summed E-state index contributed by atoms with van der Waals surface area (Å²) in [6.07, 6.45) is 6.76. The molecule has 0 N–H and O–H groups in total. The van der Waals surface area contributed by atoms with Crippen LogP contribution in [0, 0.1) is 18.3 Å². The molecule has 0 rings (SSSR count). The number of hydrogen-bond acceptors (Lipinski definition) is 1. The van der Waals surface area contributed by atoms with E-state index >= 15 is 0 Å². The Morgan fingerprint density at radius 3 is 2.36 bits per heavy atom. The van der Waals surface area contributed by atoms with Crippen molar-refractivity contribution in [3.8, 4) is 0 Å². The van der Waals surface area contributed by atoms with Gasteiger partial charge in [0.2, 0.25) is 0 Å². The molecule has 65 valence electrons. The lowest BCUT2D eigenvalue weighted by molar-refractivity contribution is -0.110. The van der Waals surface area contributed by atoms with Crippen LogP contribution in [0.5, 0.6) is 0 Å². The van der Waals surface area contributed by atoms with Crippen molar-refractivity contribution in [2.45, 2.75) is 40.0 Å². The van der Waals surface area contributed by atoms with E-state index in [0.717, 1.165) is 12.7 Å². The SMILES string of the molecule is CCCC([CH]C(C)C=O)CC. The molecule has 0 aliphatic carbocycles. The van der Waals surface area contributed by atoms with E-state index in [9.17, 15) is 4.79 Å². The second kappa shape index (κ2) is 6.38. The lowest BCUT2D eigenvalue weighted by Gasteiger charge is -2.14. The van der Waals surface area contributed by atoms with Crippen molar-refractivity contribution in [3.63, 3.8) is 0 Å². The van der Waals surface area contributed by atoms with Crippen molar-refractivity contribution in [1.29, 1.82) is 0 Å². The van der Waals surface area contributed by atoms with Gasteiger partial charge in [0, 0.05) is 5.92 Å². The normalized spacial score (nSPS) is 15.9. The summed E-state index contributed by atoms with van der Waals surface area (Å²) in [4.78, 5) is 10.3. The Balaban J connectivity index is 3.57. The summed E-state index contributed by atoms with van der Waals surface area (Å²) in [7, 11) is 0. The predicted octanol–water partition coefficient (Wildman–Crippen LogP) is 2.85. The van der Waals surface area contributed by atoms with Gasteiger partial charge in [0.05, 0.1) is 0 Å². The number of aldehydes is 1. The Hall–Kier alpha value is -0.330. The van der Waals surface area contributed by atoms with Gasteiger partial charge in [-0.25, -0.2) is 0 Å². The molecule has 0 aliphatic rings. The molecule has 0 fully saturated rings. The van der Waals surface area contributed by atoms with E-state index < -0.39 is 0 Å². The largest absolute Gasteiger partial charge is 0.303 e. The standard InChI is InChI=1S/C10H19O/c1-4-6-10(5-2)7-9(3)8-11/h7-10H,4-6H2,1-3H3. The summed E-state index contributed by atoms with van der Waals surface area (Å²) >= 11 is 0. The number of carbonyl (C=O) groups is 1. The van der Waals surface area contributed by atoms with Crippen LogP contribution in [0.2, 0.25) is 0 Å². The zero-order valence-corrected chi connectivity index (χ0v) is 7.84. The monoisotopic (exact) mass is 155 g/mol. The highest BCUT2D eigenvalue weighted by atomic mass is 16.1. The molecule has 2 atom stereocenters. The Morgan fingerprint density at radius 2 is 2.00 bits per heavy atom. The zero-order chi connectivity index (χ0) is 8.69. The highest BCUT2D eigenvalue weighted by molar-refractivity contribution is 5.54. The highest BCUT2D eigenvalue weighted by Gasteiger charge is 2.09. The minimum Gasteiger partial charge on any atom is -0.303 e. The Labute approximate surface area is 70.2 Å². The molecule has 1 heteroatoms. The fourth-order valence-electron chi connectivity index (χ4n) is 1.28. The number of carbonyl (C=O) groups excluding carboxylic acids is 1. The van der Waals surface area contributed by atoms with Gasteiger partial charge in [-0.3, -0.25) is 0 Å². The molecular weight excluding hydrogens is 136 g/mol. The third kappa shape index (κ3) is 5.00. The summed E-state index contributed by atoms with van der Waals surface area (Å²) < 4.78 is 0. The van der Waals surface area contributed by atoms with Crippen molar-refractivity contribution in [3.05, 3.63) is 6.42 Å². The number of rotatable bonds is 6. The average Bonchev–Trinajstić information content (AvgIpc) is 2.03. The van der Waals surface area contributed by atoms with Gasteiger partial charge in [-0.15, -0.1) is 0 Å². The fraction of sp³-hybridized carbons (Fsp3) is 0.800. The third-order valence-corrected chi connectivity index (χ3v) is 1.97. The molecule has 1 radical (unpaired) electrons. The van der Waals surface area contributed by atoms with E-state index in [1.807, 2.05) is 6.92 Å². The summed E-state index contributed by atoms with van der Waals surface area (Å²) in [5.41, 5.74) is 0. The van der Waals surface area contributed by atoms with E-state index in [1.54, 1.807) is 0 Å². The van der Waals surface area contributed by atoms with Crippen LogP contribution in [0.3, 0.4) is 0 Å². The number of hydrogen-bond donors (Lipinski definition) is 0. The molecule has 0 saturated carbocycles. The highest BCUT2D eigenvalue weighted by Crippen LogP contribution is 2.17. The lowest BCUT2D eigenvalue weighted by atomic mass is 9.91. The molecule has 0 aliphatic heterocycles. The second-order valence-corrected chi connectivity index (χ2v) is 3.14. The van der Waals surface area contributed by atoms with Gasteiger partial charge in [-0.2, -0.15) is 0 Å². The molecule has 0 aromatic heterocycles. The minimum absolute atomic E-state index is 0.131. The summed E-state index contributed by atoms with van der Waals surface area (Å²) in [5.74, 6) is 0.770. The molecule has 0 spiro atoms. The minimum atomic E-state index is 0.131. The van der Waals surface area contributed by atoms with Crippen LogP contribution in [-0.2, 0) is 4.79 Å². The molecule has 11 heavy (non-hydrogen) atoms. The maximum atomic E-state index is 10.3. The summed E-state index contributed by atoms with van der Waals surface area (Å²) in [5, 5.41) is 0. The first-order valence-corrected chi connectivity index (χ1v) is 4.54. The van der Waals surface area contributed by atoms with Crippen molar-refractivity contribution in [1.82, 2.24) is 0 Å². The van der Waals surface area contributed by atoms with Crippen LogP contribution in [0.4, 0.5) is 0 Å². The van der Waals surface area contributed by atoms with E-state index in [0.29, 0.717) is 5.92 Å². The van der Waals surface area contributed by atoms with Gasteiger partial charge < -0.3 is 4.79 Å². The van der Waals surface area contributed by atoms with Crippen molar-refractivity contribution >= 4 is 6.29 Å². The lowest BCUT2D eigenvalue weighted by Crippen LogP contribution is -2.07. The second-order valence-electron chi connectivity index (χ2n) is 3.14. The fourth-order valence-corrected chi connectivity index (χ4v) is 1.28. The molecule has 1 nitrogen and oxygen atoms in total. The maximum absolute atomic E-state index is 10.3. The van der Waals surface area contributed by atoms with Crippen molar-refractivity contribution in [2.75, 3.05) is 0 Å². The van der Waals surface area contributed by atoms with Gasteiger partial charge in [0.25, 0.3) is 0 Å². The van der Waals surface area contributed by atoms with Crippen LogP contribution in [0.25, 0.3) is 0 Å². The topological polar surface area (TPSA) is 17.1 Å². The van der Waals surface area contributed by atoms with Gasteiger partial charge in [0.15, 0.2) is 0 Å². The Morgan fingerprint density at radius 1 is 1.36 bits per heavy atom. The molecular formula is C10H19O. The van der Waals surface area contributed by atoms with Crippen molar-refractivity contribution < 1.29 is 4.79 Å². The first kappa shape index (κ1) is 10.7. The molecule has 0 aromatic carbocycles. The molecule has 0 bridgehead atoms. The predicted molar refractivity (Wildman–Crippen MR) is 48.2 cm³/mol. The molecule has 0 heterocycles. The summed E-state index contributed by atoms with van der Waals surface area (Å²) in [6.45, 7) is 6.31. The molecule has 2 unspecified atom stereocenters. The van der Waals surface area contributed by atoms with E-state index in [-0.39, 0.29) is 5.92 Å². The first-order chi connectivity index (χ1) is 5.24. The molecule has 0 aromatic rings. The van der Waals surface area contributed by atoms with Gasteiger partial charge >= 0.3 is 0 Å². The zero-order valence-electron chi connectivity index (χ0n) is 7.84. The Bertz CT molecular complexity index is 99.0. The van der Waals surface area contributed by atoms with Gasteiger partial charge in [0.1, 0.15) is 6.29 Å². The van der Waals surface area contributed by atoms with Gasteiger partial charge in [-0.05, 0) is 12.3 Å². The van der Waals surface area contributed by atoms with Crippen molar-refractivity contribution in [2.24, 2.45) is 11.8 Å². The van der Waals surface area contributed by atoms with Crippen LogP contribution in [0.15, 0.2) is 0 Å². The van der Waals surface area contributed by atoms with Gasteiger partial charge in [-0.1, -0.05) is 40.0 Å². The molecule has 0 saturated heterocycles. The summed E-state index contributed by atoms with van der Waals surface area (Å²) in [6, 6.07) is 0. The Kier molecular flexibility index (Phi) is 6.19. The smallest absolute Gasteiger partial charge is 0.123 e. The maximum Gasteiger partial charge on any atom is 0.123 e. The third-order valence-electron chi connectivity index (χ3n) is 1.97. The van der Waals surface area contributed by atoms with E-state index in [1.165, 1.54) is 12.8 Å². The molecule has 0 amide bonds. The van der Waals surface area contributed by atoms with Crippen LogP contribution in [-0.4, -0.2) is 6.29 Å².